The molecular formula is C23H29ClN4O. The molecule has 6 heteroatoms. The van der Waals surface area contributed by atoms with E-state index in [9.17, 15) is 0 Å². The molecule has 5 nitrogen and oxygen atoms in total. The summed E-state index contributed by atoms with van der Waals surface area (Å²) in [6.45, 7) is 5.14. The van der Waals surface area contributed by atoms with Gasteiger partial charge < -0.3 is 20.3 Å². The number of nitrogens with one attached hydrogen (secondary N) is 2. The predicted molar refractivity (Wildman–Crippen MR) is 120 cm³/mol. The molecule has 1 saturated carbocycles. The van der Waals surface area contributed by atoms with Gasteiger partial charge in [-0.15, -0.1) is 0 Å². The Balaban J connectivity index is 1.28. The van der Waals surface area contributed by atoms with Crippen LogP contribution in [0.1, 0.15) is 24.0 Å². The molecule has 2 aromatic rings. The molecule has 0 bridgehead atoms. The van der Waals surface area contributed by atoms with E-state index < -0.39 is 0 Å². The van der Waals surface area contributed by atoms with Crippen LogP contribution in [0.3, 0.4) is 0 Å². The predicted octanol–water partition coefficient (Wildman–Crippen LogP) is 3.57. The topological polar surface area (TPSA) is 48.9 Å². The minimum absolute atomic E-state index is 0.183. The molecule has 2 fully saturated rings. The van der Waals surface area contributed by atoms with E-state index >= 15 is 0 Å². The second-order valence-corrected chi connectivity index (χ2v) is 8.27. The summed E-state index contributed by atoms with van der Waals surface area (Å²) >= 11 is 6.18. The zero-order chi connectivity index (χ0) is 20.1. The van der Waals surface area contributed by atoms with Crippen LogP contribution < -0.4 is 15.5 Å². The van der Waals surface area contributed by atoms with Crippen LogP contribution in [0.25, 0.3) is 0 Å². The van der Waals surface area contributed by atoms with Crippen molar-refractivity contribution in [3.63, 3.8) is 0 Å². The number of anilines is 1. The van der Waals surface area contributed by atoms with Crippen LogP contribution in [0, 0.1) is 0 Å². The van der Waals surface area contributed by atoms with E-state index in [0.717, 1.165) is 50.4 Å². The van der Waals surface area contributed by atoms with E-state index in [1.807, 2.05) is 19.2 Å². The highest BCUT2D eigenvalue weighted by molar-refractivity contribution is 6.30. The Morgan fingerprint density at radius 1 is 1.10 bits per heavy atom. The molecule has 2 N–H and O–H groups in total. The van der Waals surface area contributed by atoms with Gasteiger partial charge in [-0.1, -0.05) is 35.9 Å². The molecule has 1 saturated heterocycles. The molecule has 0 amide bonds. The number of aliphatic imine (C=N–C) groups is 1. The molecule has 4 rings (SSSR count). The van der Waals surface area contributed by atoms with Crippen molar-refractivity contribution in [2.45, 2.75) is 24.8 Å². The van der Waals surface area contributed by atoms with Gasteiger partial charge in [0.25, 0.3) is 0 Å². The van der Waals surface area contributed by atoms with E-state index in [4.69, 9.17) is 16.3 Å². The third-order valence-electron chi connectivity index (χ3n) is 5.88. The first-order valence-electron chi connectivity index (χ1n) is 10.3. The Kier molecular flexibility index (Phi) is 6.26. The fraction of sp³-hybridized carbons (Fsp3) is 0.435. The van der Waals surface area contributed by atoms with Gasteiger partial charge in [0.15, 0.2) is 5.96 Å². The van der Waals surface area contributed by atoms with Crippen LogP contribution >= 0.6 is 11.6 Å². The molecule has 0 aromatic heterocycles. The van der Waals surface area contributed by atoms with Crippen molar-refractivity contribution in [3.05, 3.63) is 64.7 Å². The lowest BCUT2D eigenvalue weighted by atomic mass is 9.96. The second-order valence-electron chi connectivity index (χ2n) is 7.84. The number of morpholine rings is 1. The number of guanidine groups is 1. The molecule has 29 heavy (non-hydrogen) atoms. The lowest BCUT2D eigenvalue weighted by Crippen LogP contribution is -2.40. The Morgan fingerprint density at radius 2 is 1.86 bits per heavy atom. The van der Waals surface area contributed by atoms with Gasteiger partial charge in [0.05, 0.1) is 13.2 Å². The van der Waals surface area contributed by atoms with E-state index in [0.29, 0.717) is 0 Å². The summed E-state index contributed by atoms with van der Waals surface area (Å²) in [5.41, 5.74) is 3.99. The van der Waals surface area contributed by atoms with Gasteiger partial charge in [0.1, 0.15) is 0 Å². The number of nitrogens with zero attached hydrogens (tertiary/aromatic N) is 2. The van der Waals surface area contributed by atoms with Gasteiger partial charge in [-0.2, -0.15) is 0 Å². The van der Waals surface area contributed by atoms with Crippen molar-refractivity contribution in [2.75, 3.05) is 44.8 Å². The number of benzene rings is 2. The Hall–Kier alpha value is -2.24. The lowest BCUT2D eigenvalue weighted by Gasteiger charge is -2.29. The summed E-state index contributed by atoms with van der Waals surface area (Å²) in [6.07, 6.45) is 2.36. The lowest BCUT2D eigenvalue weighted by molar-refractivity contribution is 0.122. The van der Waals surface area contributed by atoms with E-state index in [1.165, 1.54) is 29.7 Å². The van der Waals surface area contributed by atoms with Crippen LogP contribution in [0.5, 0.6) is 0 Å². The fourth-order valence-electron chi connectivity index (χ4n) is 3.84. The van der Waals surface area contributed by atoms with Gasteiger partial charge in [0.2, 0.25) is 0 Å². The summed E-state index contributed by atoms with van der Waals surface area (Å²) < 4.78 is 5.43. The SMILES string of the molecule is CN=C(NCc1ccc(N2CCOCC2)cc1)NCC1(c2cccc(Cl)c2)CC1. The number of ether oxygens (including phenoxy) is 1. The van der Waals surface area contributed by atoms with E-state index in [1.54, 1.807) is 0 Å². The number of hydrogen-bond acceptors (Lipinski definition) is 3. The maximum Gasteiger partial charge on any atom is 0.191 e. The Labute approximate surface area is 178 Å². The Morgan fingerprint density at radius 3 is 2.52 bits per heavy atom. The van der Waals surface area contributed by atoms with Crippen LogP contribution in [-0.4, -0.2) is 45.9 Å². The molecule has 154 valence electrons. The molecule has 0 radical (unpaired) electrons. The van der Waals surface area contributed by atoms with E-state index in [2.05, 4.69) is 56.9 Å². The molecule has 1 aliphatic heterocycles. The smallest absolute Gasteiger partial charge is 0.191 e. The monoisotopic (exact) mass is 412 g/mol. The molecule has 1 aliphatic carbocycles. The number of rotatable bonds is 6. The first-order chi connectivity index (χ1) is 14.2. The van der Waals surface area contributed by atoms with Crippen molar-refractivity contribution in [3.8, 4) is 0 Å². The van der Waals surface area contributed by atoms with Gasteiger partial charge in [-0.05, 0) is 48.2 Å². The van der Waals surface area contributed by atoms with Crippen molar-refractivity contribution in [1.29, 1.82) is 0 Å². The summed E-state index contributed by atoms with van der Waals surface area (Å²) in [4.78, 5) is 6.75. The van der Waals surface area contributed by atoms with Gasteiger partial charge in [0, 0.05) is 49.4 Å². The first-order valence-corrected chi connectivity index (χ1v) is 10.7. The van der Waals surface area contributed by atoms with Crippen molar-refractivity contribution < 1.29 is 4.74 Å². The van der Waals surface area contributed by atoms with Gasteiger partial charge >= 0.3 is 0 Å². The van der Waals surface area contributed by atoms with Gasteiger partial charge in [-0.25, -0.2) is 0 Å². The van der Waals surface area contributed by atoms with Crippen molar-refractivity contribution >= 4 is 23.2 Å². The van der Waals surface area contributed by atoms with Crippen LogP contribution in [0.15, 0.2) is 53.5 Å². The minimum atomic E-state index is 0.183. The zero-order valence-electron chi connectivity index (χ0n) is 17.0. The summed E-state index contributed by atoms with van der Waals surface area (Å²) in [7, 11) is 1.82. The van der Waals surface area contributed by atoms with Crippen LogP contribution in [0.2, 0.25) is 5.02 Å². The second kappa shape index (κ2) is 9.06. The molecule has 0 unspecified atom stereocenters. The molecule has 0 spiro atoms. The fourth-order valence-corrected chi connectivity index (χ4v) is 4.03. The maximum atomic E-state index is 6.18. The summed E-state index contributed by atoms with van der Waals surface area (Å²) in [5, 5.41) is 7.73. The van der Waals surface area contributed by atoms with Gasteiger partial charge in [-0.3, -0.25) is 4.99 Å². The molecule has 0 atom stereocenters. The zero-order valence-corrected chi connectivity index (χ0v) is 17.7. The third-order valence-corrected chi connectivity index (χ3v) is 6.12. The summed E-state index contributed by atoms with van der Waals surface area (Å²) in [6, 6.07) is 17.0. The quantitative estimate of drug-likeness (QED) is 0.562. The average Bonchev–Trinajstić information content (AvgIpc) is 3.56. The maximum absolute atomic E-state index is 6.18. The van der Waals surface area contributed by atoms with Crippen LogP contribution in [0.4, 0.5) is 5.69 Å². The third kappa shape index (κ3) is 5.03. The highest BCUT2D eigenvalue weighted by Crippen LogP contribution is 2.48. The number of hydrogen-bond donors (Lipinski definition) is 2. The average molecular weight is 413 g/mol. The Bertz CT molecular complexity index is 842. The first kappa shape index (κ1) is 20.0. The van der Waals surface area contributed by atoms with Crippen molar-refractivity contribution in [2.24, 2.45) is 4.99 Å². The summed E-state index contributed by atoms with van der Waals surface area (Å²) in [5.74, 6) is 0.829. The largest absolute Gasteiger partial charge is 0.378 e. The van der Waals surface area contributed by atoms with Crippen LogP contribution in [-0.2, 0) is 16.7 Å². The minimum Gasteiger partial charge on any atom is -0.378 e. The molecular weight excluding hydrogens is 384 g/mol. The van der Waals surface area contributed by atoms with Crippen molar-refractivity contribution in [1.82, 2.24) is 10.6 Å². The highest BCUT2D eigenvalue weighted by Gasteiger charge is 2.44. The highest BCUT2D eigenvalue weighted by atomic mass is 35.5. The molecule has 2 aliphatic rings. The molecule has 2 aromatic carbocycles. The normalized spacial score (nSPS) is 18.4. The van der Waals surface area contributed by atoms with E-state index in [-0.39, 0.29) is 5.41 Å². The number of halogens is 1. The molecule has 1 heterocycles. The standard InChI is InChI=1S/C23H29ClN4O/c1-25-22(27-17-23(9-10-23)19-3-2-4-20(24)15-19)26-16-18-5-7-21(8-6-18)28-11-13-29-14-12-28/h2-8,15H,9-14,16-17H2,1H3,(H2,25,26,27).